The van der Waals surface area contributed by atoms with E-state index in [-0.39, 0.29) is 11.6 Å². The minimum Gasteiger partial charge on any atom is -0.368 e. The molecule has 3 nitrogen and oxygen atoms in total. The highest BCUT2D eigenvalue weighted by molar-refractivity contribution is 9.10. The summed E-state index contributed by atoms with van der Waals surface area (Å²) in [4.78, 5) is 9.36. The van der Waals surface area contributed by atoms with Crippen LogP contribution in [0.15, 0.2) is 15.9 Å². The molecule has 0 unspecified atom stereocenters. The lowest BCUT2D eigenvalue weighted by Gasteiger charge is -2.08. The van der Waals surface area contributed by atoms with Crippen LogP contribution in [0.2, 0.25) is 0 Å². The van der Waals surface area contributed by atoms with Crippen LogP contribution < -0.4 is 5.32 Å². The van der Waals surface area contributed by atoms with E-state index in [0.717, 1.165) is 15.8 Å². The van der Waals surface area contributed by atoms with E-state index in [4.69, 9.17) is 0 Å². The first-order valence-corrected chi connectivity index (χ1v) is 7.31. The fraction of sp³-hybridized carbons (Fsp3) is 0.333. The molecule has 0 amide bonds. The Morgan fingerprint density at radius 3 is 2.83 bits per heavy atom. The number of aryl methyl sites for hydroxylation is 1. The lowest BCUT2D eigenvalue weighted by atomic mass is 10.3. The van der Waals surface area contributed by atoms with Crippen molar-refractivity contribution in [3.05, 3.63) is 27.4 Å². The van der Waals surface area contributed by atoms with Gasteiger partial charge < -0.3 is 5.32 Å². The first-order valence-electron chi connectivity index (χ1n) is 5.64. The Bertz CT molecular complexity index is 556. The zero-order chi connectivity index (χ0) is 13.1. The Balaban J connectivity index is 2.40. The van der Waals surface area contributed by atoms with Gasteiger partial charge >= 0.3 is 0 Å². The number of hydrogen-bond donors (Lipinski definition) is 1. The molecule has 0 aliphatic rings. The van der Waals surface area contributed by atoms with Crippen LogP contribution in [0, 0.1) is 12.7 Å². The molecule has 2 aromatic heterocycles. The van der Waals surface area contributed by atoms with Crippen molar-refractivity contribution in [3.63, 3.8) is 0 Å². The van der Waals surface area contributed by atoms with Crippen LogP contribution in [0.1, 0.15) is 19.0 Å². The molecule has 0 saturated heterocycles. The predicted molar refractivity (Wildman–Crippen MR) is 76.5 cm³/mol. The number of hydrogen-bond acceptors (Lipinski definition) is 4. The summed E-state index contributed by atoms with van der Waals surface area (Å²) in [5.74, 6) is 0.467. The second-order valence-corrected chi connectivity index (χ2v) is 5.68. The SMILES string of the molecule is CCCNc1nc(-c2cc(Br)cs2)nc(C)c1F. The molecular formula is C12H13BrFN3S. The van der Waals surface area contributed by atoms with E-state index >= 15 is 0 Å². The molecule has 0 aromatic carbocycles. The van der Waals surface area contributed by atoms with Crippen LogP contribution in [0.4, 0.5) is 10.2 Å². The maximum Gasteiger partial charge on any atom is 0.186 e. The Hall–Kier alpha value is -1.01. The van der Waals surface area contributed by atoms with Gasteiger partial charge in [0.2, 0.25) is 0 Å². The smallest absolute Gasteiger partial charge is 0.186 e. The van der Waals surface area contributed by atoms with Gasteiger partial charge in [-0.1, -0.05) is 6.92 Å². The summed E-state index contributed by atoms with van der Waals surface area (Å²) in [6.07, 6.45) is 0.919. The Morgan fingerprint density at radius 1 is 1.44 bits per heavy atom. The van der Waals surface area contributed by atoms with Gasteiger partial charge in [-0.3, -0.25) is 0 Å². The maximum absolute atomic E-state index is 13.8. The third kappa shape index (κ3) is 2.87. The number of thiophene rings is 1. The van der Waals surface area contributed by atoms with E-state index in [1.165, 1.54) is 11.3 Å². The molecule has 2 rings (SSSR count). The number of nitrogens with zero attached hydrogens (tertiary/aromatic N) is 2. The quantitative estimate of drug-likeness (QED) is 0.911. The lowest BCUT2D eigenvalue weighted by molar-refractivity contribution is 0.605. The average molecular weight is 330 g/mol. The van der Waals surface area contributed by atoms with Gasteiger partial charge in [0, 0.05) is 16.4 Å². The van der Waals surface area contributed by atoms with Crippen molar-refractivity contribution in [1.29, 1.82) is 0 Å². The molecule has 0 spiro atoms. The fourth-order valence-corrected chi connectivity index (χ4v) is 2.82. The largest absolute Gasteiger partial charge is 0.368 e. The highest BCUT2D eigenvalue weighted by Gasteiger charge is 2.13. The molecular weight excluding hydrogens is 317 g/mol. The molecule has 2 aromatic rings. The van der Waals surface area contributed by atoms with Crippen molar-refractivity contribution in [2.45, 2.75) is 20.3 Å². The van der Waals surface area contributed by atoms with E-state index in [2.05, 4.69) is 31.2 Å². The van der Waals surface area contributed by atoms with Crippen LogP contribution in [0.5, 0.6) is 0 Å². The van der Waals surface area contributed by atoms with Crippen molar-refractivity contribution in [2.24, 2.45) is 0 Å². The minimum absolute atomic E-state index is 0.281. The Labute approximate surface area is 118 Å². The zero-order valence-corrected chi connectivity index (χ0v) is 12.5. The summed E-state index contributed by atoms with van der Waals surface area (Å²) in [6.45, 7) is 4.37. The number of aromatic nitrogens is 2. The van der Waals surface area contributed by atoms with Crippen molar-refractivity contribution >= 4 is 33.1 Å². The first-order chi connectivity index (χ1) is 8.61. The normalized spacial score (nSPS) is 10.7. The number of rotatable bonds is 4. The van der Waals surface area contributed by atoms with Crippen molar-refractivity contribution in [3.8, 4) is 10.7 Å². The van der Waals surface area contributed by atoms with E-state index < -0.39 is 0 Å². The van der Waals surface area contributed by atoms with Crippen molar-refractivity contribution < 1.29 is 4.39 Å². The highest BCUT2D eigenvalue weighted by atomic mass is 79.9. The third-order valence-corrected chi connectivity index (χ3v) is 4.03. The number of nitrogens with one attached hydrogen (secondary N) is 1. The van der Waals surface area contributed by atoms with E-state index in [0.29, 0.717) is 18.1 Å². The van der Waals surface area contributed by atoms with Crippen LogP contribution in [0.25, 0.3) is 10.7 Å². The second kappa shape index (κ2) is 5.75. The molecule has 0 bridgehead atoms. The van der Waals surface area contributed by atoms with Crippen LogP contribution >= 0.6 is 27.3 Å². The third-order valence-electron chi connectivity index (χ3n) is 2.35. The first kappa shape index (κ1) is 13.4. The van der Waals surface area contributed by atoms with Gasteiger partial charge in [0.1, 0.15) is 0 Å². The standard InChI is InChI=1S/C12H13BrFN3S/c1-3-4-15-12-10(14)7(2)16-11(17-12)9-5-8(13)6-18-9/h5-6H,3-4H2,1-2H3,(H,15,16,17). The zero-order valence-electron chi connectivity index (χ0n) is 10.1. The summed E-state index contributed by atoms with van der Waals surface area (Å²) in [6, 6.07) is 1.93. The molecule has 0 saturated carbocycles. The molecule has 96 valence electrons. The molecule has 2 heterocycles. The molecule has 0 aliphatic carbocycles. The highest BCUT2D eigenvalue weighted by Crippen LogP contribution is 2.29. The van der Waals surface area contributed by atoms with Crippen LogP contribution in [-0.4, -0.2) is 16.5 Å². The maximum atomic E-state index is 13.8. The summed E-state index contributed by atoms with van der Waals surface area (Å²) in [7, 11) is 0. The predicted octanol–water partition coefficient (Wildman–Crippen LogP) is 4.24. The minimum atomic E-state index is -0.372. The fourth-order valence-electron chi connectivity index (χ4n) is 1.46. The molecule has 18 heavy (non-hydrogen) atoms. The number of anilines is 1. The van der Waals surface area contributed by atoms with Gasteiger partial charge in [-0.2, -0.15) is 0 Å². The summed E-state index contributed by atoms with van der Waals surface area (Å²) in [5.41, 5.74) is 0.364. The summed E-state index contributed by atoms with van der Waals surface area (Å²) >= 11 is 4.92. The van der Waals surface area contributed by atoms with Gasteiger partial charge in [-0.05, 0) is 35.3 Å². The molecule has 0 atom stereocenters. The monoisotopic (exact) mass is 329 g/mol. The van der Waals surface area contributed by atoms with Crippen molar-refractivity contribution in [1.82, 2.24) is 9.97 Å². The van der Waals surface area contributed by atoms with E-state index in [9.17, 15) is 4.39 Å². The lowest BCUT2D eigenvalue weighted by Crippen LogP contribution is -2.07. The van der Waals surface area contributed by atoms with Crippen LogP contribution in [-0.2, 0) is 0 Å². The van der Waals surface area contributed by atoms with Crippen molar-refractivity contribution in [2.75, 3.05) is 11.9 Å². The average Bonchev–Trinajstić information content (AvgIpc) is 2.77. The van der Waals surface area contributed by atoms with Crippen LogP contribution in [0.3, 0.4) is 0 Å². The second-order valence-electron chi connectivity index (χ2n) is 3.85. The molecule has 0 radical (unpaired) electrons. The van der Waals surface area contributed by atoms with Gasteiger partial charge in [0.15, 0.2) is 17.5 Å². The Kier molecular flexibility index (Phi) is 4.29. The van der Waals surface area contributed by atoms with Gasteiger partial charge in [-0.15, -0.1) is 11.3 Å². The van der Waals surface area contributed by atoms with E-state index in [1.54, 1.807) is 6.92 Å². The topological polar surface area (TPSA) is 37.8 Å². The summed E-state index contributed by atoms with van der Waals surface area (Å²) < 4.78 is 14.8. The van der Waals surface area contributed by atoms with Gasteiger partial charge in [0.25, 0.3) is 0 Å². The van der Waals surface area contributed by atoms with Gasteiger partial charge in [-0.25, -0.2) is 14.4 Å². The van der Waals surface area contributed by atoms with Gasteiger partial charge in [0.05, 0.1) is 10.6 Å². The molecule has 6 heteroatoms. The summed E-state index contributed by atoms with van der Waals surface area (Å²) in [5, 5.41) is 4.94. The molecule has 0 aliphatic heterocycles. The number of halogens is 2. The Morgan fingerprint density at radius 2 is 2.22 bits per heavy atom. The van der Waals surface area contributed by atoms with E-state index in [1.807, 2.05) is 18.4 Å². The molecule has 0 fully saturated rings. The molecule has 1 N–H and O–H groups in total.